The van der Waals surface area contributed by atoms with Crippen molar-refractivity contribution in [3.63, 3.8) is 0 Å². The number of hydrogen-bond acceptors (Lipinski definition) is 3. The zero-order valence-corrected chi connectivity index (χ0v) is 14.7. The van der Waals surface area contributed by atoms with Crippen molar-refractivity contribution in [1.82, 2.24) is 4.90 Å². The minimum atomic E-state index is 0.168. The molecule has 0 saturated carbocycles. The summed E-state index contributed by atoms with van der Waals surface area (Å²) < 4.78 is 10.7. The van der Waals surface area contributed by atoms with E-state index in [0.29, 0.717) is 12.8 Å². The van der Waals surface area contributed by atoms with Gasteiger partial charge in [-0.2, -0.15) is 0 Å². The van der Waals surface area contributed by atoms with Crippen molar-refractivity contribution in [1.29, 1.82) is 0 Å². The van der Waals surface area contributed by atoms with Crippen molar-refractivity contribution in [3.05, 3.63) is 58.6 Å². The lowest BCUT2D eigenvalue weighted by atomic mass is 10.0. The summed E-state index contributed by atoms with van der Waals surface area (Å²) in [5, 5.41) is 0.724. The topological polar surface area (TPSA) is 38.8 Å². The van der Waals surface area contributed by atoms with E-state index in [1.54, 1.807) is 0 Å². The van der Waals surface area contributed by atoms with E-state index in [4.69, 9.17) is 21.1 Å². The normalized spacial score (nSPS) is 18.6. The summed E-state index contributed by atoms with van der Waals surface area (Å²) in [6.45, 7) is 1.10. The summed E-state index contributed by atoms with van der Waals surface area (Å²) in [7, 11) is 0. The van der Waals surface area contributed by atoms with Gasteiger partial charge in [0.1, 0.15) is 0 Å². The number of halogens is 1. The van der Waals surface area contributed by atoms with Crippen LogP contribution in [0.1, 0.15) is 36.4 Å². The molecule has 0 unspecified atom stereocenters. The van der Waals surface area contributed by atoms with E-state index in [2.05, 4.69) is 0 Å². The third-order valence-corrected chi connectivity index (χ3v) is 5.14. The Balaban J connectivity index is 1.41. The zero-order valence-electron chi connectivity index (χ0n) is 13.9. The number of nitrogens with zero attached hydrogens (tertiary/aromatic N) is 1. The summed E-state index contributed by atoms with van der Waals surface area (Å²) in [4.78, 5) is 14.8. The van der Waals surface area contributed by atoms with Crippen LogP contribution in [-0.2, 0) is 11.2 Å². The molecule has 2 aliphatic heterocycles. The summed E-state index contributed by atoms with van der Waals surface area (Å²) in [6, 6.07) is 13.9. The largest absolute Gasteiger partial charge is 0.454 e. The fourth-order valence-corrected chi connectivity index (χ4v) is 3.71. The van der Waals surface area contributed by atoms with Crippen molar-refractivity contribution in [3.8, 4) is 11.5 Å². The second-order valence-corrected chi connectivity index (χ2v) is 6.92. The number of aryl methyl sites for hydroxylation is 1. The van der Waals surface area contributed by atoms with Crippen molar-refractivity contribution < 1.29 is 14.3 Å². The first-order chi connectivity index (χ1) is 12.2. The highest BCUT2D eigenvalue weighted by Gasteiger charge is 2.29. The van der Waals surface area contributed by atoms with Crippen LogP contribution in [0.4, 0.5) is 0 Å². The fraction of sp³-hybridized carbons (Fsp3) is 0.350. The van der Waals surface area contributed by atoms with Crippen molar-refractivity contribution in [2.45, 2.75) is 31.7 Å². The number of benzene rings is 2. The van der Waals surface area contributed by atoms with E-state index in [1.807, 2.05) is 47.4 Å². The smallest absolute Gasteiger partial charge is 0.231 e. The predicted molar refractivity (Wildman–Crippen MR) is 96.0 cm³/mol. The molecule has 0 spiro atoms. The third kappa shape index (κ3) is 3.45. The monoisotopic (exact) mass is 357 g/mol. The van der Waals surface area contributed by atoms with Gasteiger partial charge in [0, 0.05) is 18.0 Å². The first-order valence-electron chi connectivity index (χ1n) is 8.64. The lowest BCUT2D eigenvalue weighted by Crippen LogP contribution is -2.30. The Hall–Kier alpha value is -2.20. The SMILES string of the molecule is O=C(CCc1ccc2c(c1)OCO2)N1CCC[C@@H]1c1ccc(Cl)cc1. The molecule has 1 saturated heterocycles. The first-order valence-corrected chi connectivity index (χ1v) is 9.02. The lowest BCUT2D eigenvalue weighted by Gasteiger charge is -2.25. The van der Waals surface area contributed by atoms with Gasteiger partial charge in [0.2, 0.25) is 12.7 Å². The molecule has 2 aromatic rings. The van der Waals surface area contributed by atoms with Crippen molar-refractivity contribution >= 4 is 17.5 Å². The number of hydrogen-bond donors (Lipinski definition) is 0. The number of amides is 1. The molecular formula is C20H20ClNO3. The Bertz CT molecular complexity index is 775. The minimum absolute atomic E-state index is 0.168. The molecule has 2 aliphatic rings. The second-order valence-electron chi connectivity index (χ2n) is 6.48. The van der Waals surface area contributed by atoms with Crippen LogP contribution in [0.5, 0.6) is 11.5 Å². The van der Waals surface area contributed by atoms with Gasteiger partial charge in [0.15, 0.2) is 11.5 Å². The van der Waals surface area contributed by atoms with Crippen LogP contribution < -0.4 is 9.47 Å². The standard InChI is InChI=1S/C20H20ClNO3/c21-16-7-5-15(6-8-16)17-2-1-11-22(17)20(23)10-4-14-3-9-18-19(12-14)25-13-24-18/h3,5-9,12,17H,1-2,4,10-11,13H2/t17-/m1/s1. The van der Waals surface area contributed by atoms with Gasteiger partial charge < -0.3 is 14.4 Å². The molecule has 0 bridgehead atoms. The van der Waals surface area contributed by atoms with E-state index in [0.717, 1.165) is 41.5 Å². The molecule has 130 valence electrons. The second kappa shape index (κ2) is 6.96. The van der Waals surface area contributed by atoms with E-state index >= 15 is 0 Å². The van der Waals surface area contributed by atoms with E-state index in [-0.39, 0.29) is 18.7 Å². The Kier molecular flexibility index (Phi) is 4.53. The van der Waals surface area contributed by atoms with Crippen LogP contribution in [0, 0.1) is 0 Å². The van der Waals surface area contributed by atoms with Crippen molar-refractivity contribution in [2.24, 2.45) is 0 Å². The molecule has 1 fully saturated rings. The number of carbonyl (C=O) groups excluding carboxylic acids is 1. The molecule has 0 radical (unpaired) electrons. The minimum Gasteiger partial charge on any atom is -0.454 e. The highest BCUT2D eigenvalue weighted by Crippen LogP contribution is 2.34. The average Bonchev–Trinajstić information content (AvgIpc) is 3.29. The molecule has 0 aliphatic carbocycles. The predicted octanol–water partition coefficient (Wildman–Crippen LogP) is 4.37. The van der Waals surface area contributed by atoms with Gasteiger partial charge in [0.25, 0.3) is 0 Å². The first kappa shape index (κ1) is 16.3. The maximum absolute atomic E-state index is 12.7. The molecular weight excluding hydrogens is 338 g/mol. The van der Waals surface area contributed by atoms with Crippen LogP contribution in [-0.4, -0.2) is 24.1 Å². The highest BCUT2D eigenvalue weighted by molar-refractivity contribution is 6.30. The fourth-order valence-electron chi connectivity index (χ4n) is 3.59. The van der Waals surface area contributed by atoms with Gasteiger partial charge in [-0.3, -0.25) is 4.79 Å². The van der Waals surface area contributed by atoms with Gasteiger partial charge in [0.05, 0.1) is 6.04 Å². The maximum Gasteiger partial charge on any atom is 0.231 e. The molecule has 0 aromatic heterocycles. The molecule has 4 nitrogen and oxygen atoms in total. The zero-order chi connectivity index (χ0) is 17.2. The van der Waals surface area contributed by atoms with Gasteiger partial charge in [-0.05, 0) is 54.7 Å². The van der Waals surface area contributed by atoms with E-state index in [1.165, 1.54) is 5.56 Å². The molecule has 1 atom stereocenters. The molecule has 0 N–H and O–H groups in total. The molecule has 25 heavy (non-hydrogen) atoms. The molecule has 4 rings (SSSR count). The number of carbonyl (C=O) groups is 1. The van der Waals surface area contributed by atoms with Gasteiger partial charge >= 0.3 is 0 Å². The van der Waals surface area contributed by atoms with Gasteiger partial charge in [-0.15, -0.1) is 0 Å². The Labute approximate surface area is 152 Å². The quantitative estimate of drug-likeness (QED) is 0.815. The van der Waals surface area contributed by atoms with Crippen LogP contribution in [0.3, 0.4) is 0 Å². The average molecular weight is 358 g/mol. The molecule has 5 heteroatoms. The lowest BCUT2D eigenvalue weighted by molar-refractivity contribution is -0.132. The number of rotatable bonds is 4. The Morgan fingerprint density at radius 1 is 1.12 bits per heavy atom. The maximum atomic E-state index is 12.7. The van der Waals surface area contributed by atoms with Crippen molar-refractivity contribution in [2.75, 3.05) is 13.3 Å². The summed E-state index contributed by atoms with van der Waals surface area (Å²) in [6.07, 6.45) is 3.27. The van der Waals surface area contributed by atoms with Crippen LogP contribution in [0.2, 0.25) is 5.02 Å². The number of fused-ring (bicyclic) bond motifs is 1. The van der Waals surface area contributed by atoms with Crippen LogP contribution in [0.15, 0.2) is 42.5 Å². The van der Waals surface area contributed by atoms with Gasteiger partial charge in [-0.25, -0.2) is 0 Å². The van der Waals surface area contributed by atoms with Gasteiger partial charge in [-0.1, -0.05) is 29.8 Å². The molecule has 2 heterocycles. The summed E-state index contributed by atoms with van der Waals surface area (Å²) >= 11 is 5.98. The summed E-state index contributed by atoms with van der Waals surface area (Å²) in [5.74, 6) is 1.75. The van der Waals surface area contributed by atoms with Crippen LogP contribution in [0.25, 0.3) is 0 Å². The molecule has 1 amide bonds. The Morgan fingerprint density at radius 2 is 1.92 bits per heavy atom. The molecule has 2 aromatic carbocycles. The Morgan fingerprint density at radius 3 is 2.76 bits per heavy atom. The number of ether oxygens (including phenoxy) is 2. The highest BCUT2D eigenvalue weighted by atomic mass is 35.5. The van der Waals surface area contributed by atoms with Crippen LogP contribution >= 0.6 is 11.6 Å². The number of likely N-dealkylation sites (tertiary alicyclic amines) is 1. The third-order valence-electron chi connectivity index (χ3n) is 4.89. The summed E-state index contributed by atoms with van der Waals surface area (Å²) in [5.41, 5.74) is 2.26. The van der Waals surface area contributed by atoms with E-state index < -0.39 is 0 Å². The van der Waals surface area contributed by atoms with E-state index in [9.17, 15) is 4.79 Å².